The summed E-state index contributed by atoms with van der Waals surface area (Å²) in [6, 6.07) is 6.12. The first-order valence-electron chi connectivity index (χ1n) is 6.82. The van der Waals surface area contributed by atoms with Crippen molar-refractivity contribution in [1.82, 2.24) is 4.72 Å². The van der Waals surface area contributed by atoms with Gasteiger partial charge in [-0.1, -0.05) is 25.5 Å². The van der Waals surface area contributed by atoms with E-state index in [2.05, 4.69) is 11.6 Å². The Bertz CT molecular complexity index is 643. The summed E-state index contributed by atoms with van der Waals surface area (Å²) >= 11 is 0. The highest BCUT2D eigenvalue weighted by atomic mass is 32.2. The Morgan fingerprint density at radius 2 is 1.95 bits per heavy atom. The van der Waals surface area contributed by atoms with Crippen LogP contribution in [0.4, 0.5) is 0 Å². The third-order valence-corrected chi connectivity index (χ3v) is 5.28. The highest BCUT2D eigenvalue weighted by molar-refractivity contribution is 7.89. The first kappa shape index (κ1) is 15.7. The Balaban J connectivity index is 2.04. The maximum atomic E-state index is 12.2. The molecule has 1 fully saturated rings. The molecule has 0 spiro atoms. The van der Waals surface area contributed by atoms with Crippen LogP contribution >= 0.6 is 0 Å². The van der Waals surface area contributed by atoms with Gasteiger partial charge in [0.05, 0.1) is 4.90 Å². The maximum absolute atomic E-state index is 12.2. The molecular weight excluding hydrogens is 290 g/mol. The molecule has 114 valence electrons. The second kappa shape index (κ2) is 5.99. The molecule has 0 saturated heterocycles. The minimum atomic E-state index is -3.51. The van der Waals surface area contributed by atoms with Crippen LogP contribution in [0.3, 0.4) is 0 Å². The highest BCUT2D eigenvalue weighted by Crippen LogP contribution is 2.39. The molecular formula is C15H19NO4S. The summed E-state index contributed by atoms with van der Waals surface area (Å²) in [4.78, 5) is 10.6. The van der Waals surface area contributed by atoms with Gasteiger partial charge in [-0.3, -0.25) is 0 Å². The van der Waals surface area contributed by atoms with Crippen LogP contribution in [0.25, 0.3) is 6.08 Å². The van der Waals surface area contributed by atoms with E-state index in [1.54, 1.807) is 12.1 Å². The van der Waals surface area contributed by atoms with Crippen LogP contribution in [0.5, 0.6) is 0 Å². The summed E-state index contributed by atoms with van der Waals surface area (Å²) in [7, 11) is -3.51. The molecule has 5 nitrogen and oxygen atoms in total. The Hall–Kier alpha value is -1.66. The van der Waals surface area contributed by atoms with Gasteiger partial charge in [0, 0.05) is 12.6 Å². The van der Waals surface area contributed by atoms with Crippen molar-refractivity contribution in [3.8, 4) is 0 Å². The first-order valence-corrected chi connectivity index (χ1v) is 8.30. The number of benzene rings is 1. The van der Waals surface area contributed by atoms with Crippen molar-refractivity contribution in [2.45, 2.75) is 31.1 Å². The molecule has 0 unspecified atom stereocenters. The third kappa shape index (κ3) is 4.15. The SMILES string of the molecule is CC1(CNS(=O)(=O)c2ccc(/C=C/C(=O)O)cc2)CCC1. The van der Waals surface area contributed by atoms with E-state index in [1.165, 1.54) is 18.2 Å². The van der Waals surface area contributed by atoms with Crippen LogP contribution in [0.1, 0.15) is 31.7 Å². The zero-order valence-corrected chi connectivity index (χ0v) is 12.7. The fraction of sp³-hybridized carbons (Fsp3) is 0.400. The molecule has 0 atom stereocenters. The minimum absolute atomic E-state index is 0.0806. The molecule has 2 N–H and O–H groups in total. The van der Waals surface area contributed by atoms with Crippen molar-refractivity contribution in [2.75, 3.05) is 6.54 Å². The average molecular weight is 309 g/mol. The van der Waals surface area contributed by atoms with Crippen molar-refractivity contribution in [1.29, 1.82) is 0 Å². The molecule has 1 aliphatic carbocycles. The van der Waals surface area contributed by atoms with E-state index in [0.29, 0.717) is 12.1 Å². The third-order valence-electron chi connectivity index (χ3n) is 3.86. The summed E-state index contributed by atoms with van der Waals surface area (Å²) in [6.45, 7) is 2.54. The lowest BCUT2D eigenvalue weighted by molar-refractivity contribution is -0.131. The van der Waals surface area contributed by atoms with Crippen molar-refractivity contribution in [3.05, 3.63) is 35.9 Å². The number of carboxylic acids is 1. The summed E-state index contributed by atoms with van der Waals surface area (Å²) in [6.07, 6.45) is 5.69. The molecule has 1 aromatic rings. The van der Waals surface area contributed by atoms with E-state index < -0.39 is 16.0 Å². The Labute approximate surface area is 124 Å². The molecule has 0 heterocycles. The van der Waals surface area contributed by atoms with E-state index in [-0.39, 0.29) is 10.3 Å². The van der Waals surface area contributed by atoms with Crippen LogP contribution in [0.15, 0.2) is 35.2 Å². The quantitative estimate of drug-likeness (QED) is 0.790. The lowest BCUT2D eigenvalue weighted by atomic mass is 9.71. The second-order valence-corrected chi connectivity index (χ2v) is 7.50. The number of hydrogen-bond acceptors (Lipinski definition) is 3. The largest absolute Gasteiger partial charge is 0.478 e. The molecule has 1 saturated carbocycles. The minimum Gasteiger partial charge on any atom is -0.478 e. The van der Waals surface area contributed by atoms with Gasteiger partial charge in [-0.15, -0.1) is 0 Å². The summed E-state index contributed by atoms with van der Waals surface area (Å²) < 4.78 is 27.0. The van der Waals surface area contributed by atoms with E-state index in [0.717, 1.165) is 25.3 Å². The van der Waals surface area contributed by atoms with Crippen molar-refractivity contribution in [2.24, 2.45) is 5.41 Å². The van der Waals surface area contributed by atoms with Crippen molar-refractivity contribution in [3.63, 3.8) is 0 Å². The van der Waals surface area contributed by atoms with Crippen LogP contribution in [0.2, 0.25) is 0 Å². The first-order chi connectivity index (χ1) is 9.81. The van der Waals surface area contributed by atoms with E-state index in [1.807, 2.05) is 0 Å². The summed E-state index contributed by atoms with van der Waals surface area (Å²) in [5.41, 5.74) is 0.722. The van der Waals surface area contributed by atoms with Crippen LogP contribution < -0.4 is 4.72 Å². The molecule has 6 heteroatoms. The van der Waals surface area contributed by atoms with Gasteiger partial charge in [0.2, 0.25) is 10.0 Å². The molecule has 0 aliphatic heterocycles. The fourth-order valence-corrected chi connectivity index (χ4v) is 3.43. The normalized spacial score (nSPS) is 17.6. The molecule has 21 heavy (non-hydrogen) atoms. The topological polar surface area (TPSA) is 83.5 Å². The number of carboxylic acid groups (broad SMARTS) is 1. The Morgan fingerprint density at radius 3 is 2.43 bits per heavy atom. The second-order valence-electron chi connectivity index (χ2n) is 5.73. The number of carbonyl (C=O) groups is 1. The van der Waals surface area contributed by atoms with E-state index in [4.69, 9.17) is 5.11 Å². The van der Waals surface area contributed by atoms with Crippen LogP contribution in [0, 0.1) is 5.41 Å². The monoisotopic (exact) mass is 309 g/mol. The zero-order valence-electron chi connectivity index (χ0n) is 11.9. The molecule has 1 aliphatic rings. The Kier molecular flexibility index (Phi) is 4.49. The molecule has 0 radical (unpaired) electrons. The van der Waals surface area contributed by atoms with Gasteiger partial charge in [0.1, 0.15) is 0 Å². The molecule has 0 aromatic heterocycles. The lowest BCUT2D eigenvalue weighted by Gasteiger charge is -2.38. The summed E-state index contributed by atoms with van der Waals surface area (Å²) in [5, 5.41) is 8.54. The fourth-order valence-electron chi connectivity index (χ4n) is 2.24. The lowest BCUT2D eigenvalue weighted by Crippen LogP contribution is -2.39. The van der Waals surface area contributed by atoms with E-state index in [9.17, 15) is 13.2 Å². The number of sulfonamides is 1. The Morgan fingerprint density at radius 1 is 1.33 bits per heavy atom. The number of nitrogens with one attached hydrogen (secondary N) is 1. The van der Waals surface area contributed by atoms with Gasteiger partial charge >= 0.3 is 5.97 Å². The van der Waals surface area contributed by atoms with Gasteiger partial charge in [-0.2, -0.15) is 0 Å². The maximum Gasteiger partial charge on any atom is 0.328 e. The van der Waals surface area contributed by atoms with E-state index >= 15 is 0 Å². The smallest absolute Gasteiger partial charge is 0.328 e. The highest BCUT2D eigenvalue weighted by Gasteiger charge is 2.32. The predicted octanol–water partition coefficient (Wildman–Crippen LogP) is 2.25. The molecule has 0 amide bonds. The van der Waals surface area contributed by atoms with Gasteiger partial charge in [-0.25, -0.2) is 17.9 Å². The van der Waals surface area contributed by atoms with Crippen molar-refractivity contribution >= 4 is 22.1 Å². The standard InChI is InChI=1S/C15H19NO4S/c1-15(9-2-10-15)11-16-21(19,20)13-6-3-12(4-7-13)5-8-14(17)18/h3-8,16H,2,9-11H2,1H3,(H,17,18)/b8-5+. The van der Waals surface area contributed by atoms with Crippen LogP contribution in [-0.4, -0.2) is 26.0 Å². The predicted molar refractivity (Wildman–Crippen MR) is 80.3 cm³/mol. The molecule has 2 rings (SSSR count). The van der Waals surface area contributed by atoms with Gasteiger partial charge < -0.3 is 5.11 Å². The number of hydrogen-bond donors (Lipinski definition) is 2. The van der Waals surface area contributed by atoms with Gasteiger partial charge in [-0.05, 0) is 42.0 Å². The number of rotatable bonds is 6. The van der Waals surface area contributed by atoms with Crippen molar-refractivity contribution < 1.29 is 18.3 Å². The van der Waals surface area contributed by atoms with Gasteiger partial charge in [0.15, 0.2) is 0 Å². The molecule has 1 aromatic carbocycles. The zero-order chi connectivity index (χ0) is 15.5. The summed E-state index contributed by atoms with van der Waals surface area (Å²) in [5.74, 6) is -1.04. The van der Waals surface area contributed by atoms with Crippen LogP contribution in [-0.2, 0) is 14.8 Å². The van der Waals surface area contributed by atoms with Gasteiger partial charge in [0.25, 0.3) is 0 Å². The number of aliphatic carboxylic acids is 1. The average Bonchev–Trinajstić information content (AvgIpc) is 2.41. The molecule has 0 bridgehead atoms.